The lowest BCUT2D eigenvalue weighted by Crippen LogP contribution is -2.33. The number of hydrogen-bond acceptors (Lipinski definition) is 4. The second-order valence-electron chi connectivity index (χ2n) is 6.90. The summed E-state index contributed by atoms with van der Waals surface area (Å²) in [5.41, 5.74) is 3.59. The maximum absolute atomic E-state index is 13.1. The average molecular weight is 372 g/mol. The first-order valence-electron chi connectivity index (χ1n) is 8.98. The largest absolute Gasteiger partial charge is 0.376 e. The monoisotopic (exact) mass is 372 g/mol. The minimum atomic E-state index is -0.432. The van der Waals surface area contributed by atoms with Crippen molar-refractivity contribution < 1.29 is 18.7 Å². The van der Waals surface area contributed by atoms with E-state index in [4.69, 9.17) is 4.74 Å². The van der Waals surface area contributed by atoms with Crippen molar-refractivity contribution in [1.29, 1.82) is 0 Å². The summed E-state index contributed by atoms with van der Waals surface area (Å²) in [6.07, 6.45) is 0.961. The Labute approximate surface area is 156 Å². The lowest BCUT2D eigenvalue weighted by atomic mass is 10.1. The van der Waals surface area contributed by atoms with Gasteiger partial charge in [-0.15, -0.1) is 0 Å². The van der Waals surface area contributed by atoms with Crippen LogP contribution in [0.5, 0.6) is 0 Å². The molecule has 1 aromatic carbocycles. The van der Waals surface area contributed by atoms with Crippen molar-refractivity contribution in [2.45, 2.75) is 26.0 Å². The fourth-order valence-electron chi connectivity index (χ4n) is 3.70. The summed E-state index contributed by atoms with van der Waals surface area (Å²) in [5.74, 6) is -1.10. The number of carbonyl (C=O) groups is 2. The zero-order chi connectivity index (χ0) is 19.0. The summed E-state index contributed by atoms with van der Waals surface area (Å²) in [5, 5.41) is 7.38. The average Bonchev–Trinajstić information content (AvgIpc) is 3.21. The van der Waals surface area contributed by atoms with Gasteiger partial charge >= 0.3 is 0 Å². The van der Waals surface area contributed by atoms with E-state index in [9.17, 15) is 14.0 Å². The van der Waals surface area contributed by atoms with Gasteiger partial charge in [0.1, 0.15) is 5.82 Å². The van der Waals surface area contributed by atoms with Crippen LogP contribution in [0.2, 0.25) is 0 Å². The van der Waals surface area contributed by atoms with Crippen LogP contribution in [-0.4, -0.2) is 34.7 Å². The van der Waals surface area contributed by atoms with Gasteiger partial charge in [-0.05, 0) is 24.3 Å². The molecule has 2 aliphatic heterocycles. The molecule has 0 bridgehead atoms. The van der Waals surface area contributed by atoms with E-state index >= 15 is 0 Å². The van der Waals surface area contributed by atoms with Crippen molar-refractivity contribution in [3.8, 4) is 0 Å². The number of nitrogens with one attached hydrogen (secondary N) is 1. The highest BCUT2D eigenvalue weighted by Gasteiger charge is 2.35. The van der Waals surface area contributed by atoms with E-state index in [2.05, 4.69) is 10.4 Å². The fourth-order valence-corrected chi connectivity index (χ4v) is 3.70. The molecule has 0 unspecified atom stereocenters. The van der Waals surface area contributed by atoms with Crippen LogP contribution in [0.1, 0.15) is 23.4 Å². The van der Waals surface area contributed by atoms with Gasteiger partial charge < -0.3 is 15.0 Å². The molecule has 2 aromatic rings. The molecule has 2 aliphatic rings. The van der Waals surface area contributed by atoms with Crippen molar-refractivity contribution in [1.82, 2.24) is 15.1 Å². The second kappa shape index (κ2) is 7.11. The summed E-state index contributed by atoms with van der Waals surface area (Å²) in [4.78, 5) is 26.3. The Bertz CT molecular complexity index is 878. The van der Waals surface area contributed by atoms with E-state index in [1.54, 1.807) is 12.1 Å². The molecule has 0 aliphatic carbocycles. The van der Waals surface area contributed by atoms with Crippen LogP contribution in [0.3, 0.4) is 0 Å². The Morgan fingerprint density at radius 3 is 2.93 bits per heavy atom. The molecule has 142 valence electrons. The van der Waals surface area contributed by atoms with Crippen molar-refractivity contribution >= 4 is 17.5 Å². The van der Waals surface area contributed by atoms with E-state index in [1.165, 1.54) is 17.0 Å². The van der Waals surface area contributed by atoms with Crippen LogP contribution in [0.4, 0.5) is 10.1 Å². The number of carbonyl (C=O) groups excluding carboxylic acids is 2. The van der Waals surface area contributed by atoms with Gasteiger partial charge in [-0.2, -0.15) is 5.10 Å². The lowest BCUT2D eigenvalue weighted by Gasteiger charge is -2.17. The summed E-state index contributed by atoms with van der Waals surface area (Å²) in [6.45, 7) is 1.79. The van der Waals surface area contributed by atoms with Crippen molar-refractivity contribution in [3.05, 3.63) is 47.0 Å². The Kier molecular flexibility index (Phi) is 4.65. The third-order valence-corrected chi connectivity index (χ3v) is 5.15. The highest BCUT2D eigenvalue weighted by molar-refractivity contribution is 6.00. The van der Waals surface area contributed by atoms with Crippen LogP contribution >= 0.6 is 0 Å². The highest BCUT2D eigenvalue weighted by Crippen LogP contribution is 2.26. The van der Waals surface area contributed by atoms with E-state index in [-0.39, 0.29) is 24.1 Å². The van der Waals surface area contributed by atoms with Gasteiger partial charge in [0.2, 0.25) is 11.8 Å². The smallest absolute Gasteiger partial charge is 0.227 e. The van der Waals surface area contributed by atoms with E-state index in [0.717, 1.165) is 23.4 Å². The molecule has 1 aromatic heterocycles. The molecule has 8 heteroatoms. The van der Waals surface area contributed by atoms with E-state index in [0.29, 0.717) is 32.0 Å². The molecular formula is C19H21FN4O3. The Morgan fingerprint density at radius 1 is 1.37 bits per heavy atom. The molecule has 3 heterocycles. The molecule has 1 fully saturated rings. The first kappa shape index (κ1) is 17.7. The minimum absolute atomic E-state index is 0.134. The third kappa shape index (κ3) is 3.44. The van der Waals surface area contributed by atoms with Gasteiger partial charge in [-0.25, -0.2) is 4.39 Å². The summed E-state index contributed by atoms with van der Waals surface area (Å²) < 4.78 is 20.4. The minimum Gasteiger partial charge on any atom is -0.376 e. The number of amides is 2. The molecule has 27 heavy (non-hydrogen) atoms. The van der Waals surface area contributed by atoms with Gasteiger partial charge in [0, 0.05) is 43.4 Å². The predicted octanol–water partition coefficient (Wildman–Crippen LogP) is 1.30. The normalized spacial score (nSPS) is 19.3. The molecule has 7 nitrogen and oxygen atoms in total. The van der Waals surface area contributed by atoms with E-state index < -0.39 is 5.92 Å². The van der Waals surface area contributed by atoms with Gasteiger partial charge in [0.25, 0.3) is 0 Å². The van der Waals surface area contributed by atoms with Crippen LogP contribution in [-0.2, 0) is 40.9 Å². The van der Waals surface area contributed by atoms with Crippen LogP contribution in [0.15, 0.2) is 24.3 Å². The number of anilines is 1. The number of aryl methyl sites for hydroxylation is 1. The maximum atomic E-state index is 13.1. The number of ether oxygens (including phenoxy) is 1. The number of aromatic nitrogens is 2. The van der Waals surface area contributed by atoms with Gasteiger partial charge in [-0.1, -0.05) is 0 Å². The number of nitrogens with zero attached hydrogens (tertiary/aromatic N) is 3. The van der Waals surface area contributed by atoms with Gasteiger partial charge in [0.05, 0.1) is 31.4 Å². The SMILES string of the molecule is Cn1nc(CNC(=O)[C@@H]2CC(=O)N(c3ccc(F)cc3)C2)c2c1CCOC2. The molecule has 0 radical (unpaired) electrons. The van der Waals surface area contributed by atoms with E-state index in [1.807, 2.05) is 11.7 Å². The molecule has 1 saturated heterocycles. The fraction of sp³-hybridized carbons (Fsp3) is 0.421. The summed E-state index contributed by atoms with van der Waals surface area (Å²) in [6, 6.07) is 5.71. The van der Waals surface area contributed by atoms with Crippen molar-refractivity contribution in [2.75, 3.05) is 18.1 Å². The first-order valence-corrected chi connectivity index (χ1v) is 8.98. The zero-order valence-electron chi connectivity index (χ0n) is 15.1. The number of benzene rings is 1. The predicted molar refractivity (Wildman–Crippen MR) is 95.3 cm³/mol. The number of fused-ring (bicyclic) bond motifs is 1. The molecule has 2 amide bonds. The molecule has 4 rings (SSSR count). The van der Waals surface area contributed by atoms with Gasteiger partial charge in [-0.3, -0.25) is 14.3 Å². The number of hydrogen-bond donors (Lipinski definition) is 1. The molecule has 0 spiro atoms. The van der Waals surface area contributed by atoms with Crippen LogP contribution in [0, 0.1) is 11.7 Å². The van der Waals surface area contributed by atoms with Gasteiger partial charge in [0.15, 0.2) is 0 Å². The van der Waals surface area contributed by atoms with Crippen molar-refractivity contribution in [3.63, 3.8) is 0 Å². The Morgan fingerprint density at radius 2 is 2.15 bits per heavy atom. The molecule has 0 saturated carbocycles. The summed E-state index contributed by atoms with van der Waals surface area (Å²) in [7, 11) is 1.89. The maximum Gasteiger partial charge on any atom is 0.227 e. The topological polar surface area (TPSA) is 76.5 Å². The highest BCUT2D eigenvalue weighted by atomic mass is 19.1. The molecular weight excluding hydrogens is 351 g/mol. The zero-order valence-corrected chi connectivity index (χ0v) is 15.1. The lowest BCUT2D eigenvalue weighted by molar-refractivity contribution is -0.126. The quantitative estimate of drug-likeness (QED) is 0.878. The standard InChI is InChI=1S/C19H21FN4O3/c1-23-17-6-7-27-11-15(17)16(22-23)9-21-19(26)12-8-18(25)24(10-12)14-4-2-13(20)3-5-14/h2-5,12H,6-11H2,1H3,(H,21,26)/t12-/m1/s1. The van der Waals surface area contributed by atoms with Crippen molar-refractivity contribution in [2.24, 2.45) is 13.0 Å². The summed E-state index contributed by atoms with van der Waals surface area (Å²) >= 11 is 0. The number of rotatable bonds is 4. The number of halogens is 1. The second-order valence-corrected chi connectivity index (χ2v) is 6.90. The molecule has 1 N–H and O–H groups in total. The Hall–Kier alpha value is -2.74. The van der Waals surface area contributed by atoms with Crippen LogP contribution in [0.25, 0.3) is 0 Å². The third-order valence-electron chi connectivity index (χ3n) is 5.15. The molecule has 1 atom stereocenters. The Balaban J connectivity index is 1.39. The van der Waals surface area contributed by atoms with Crippen LogP contribution < -0.4 is 10.2 Å². The first-order chi connectivity index (χ1) is 13.0.